The topological polar surface area (TPSA) is 38.0 Å². The van der Waals surface area contributed by atoms with Gasteiger partial charge in [-0.05, 0) is 61.1 Å². The molecule has 1 aromatic carbocycles. The number of benzene rings is 1. The highest BCUT2D eigenvalue weighted by molar-refractivity contribution is 5.35. The second kappa shape index (κ2) is 7.80. The lowest BCUT2D eigenvalue weighted by Crippen LogP contribution is -2.42. The molecule has 0 aliphatic heterocycles. The molecular weight excluding hydrogens is 244 g/mol. The Kier molecular flexibility index (Phi) is 6.06. The predicted octanol–water partition coefficient (Wildman–Crippen LogP) is 3.77. The molecule has 1 aliphatic rings. The van der Waals surface area contributed by atoms with E-state index in [0.29, 0.717) is 12.0 Å². The van der Waals surface area contributed by atoms with Crippen molar-refractivity contribution in [3.8, 4) is 0 Å². The second-order valence-corrected chi connectivity index (χ2v) is 6.27. The van der Waals surface area contributed by atoms with Crippen molar-refractivity contribution < 1.29 is 0 Å². The minimum absolute atomic E-state index is 0.411. The van der Waals surface area contributed by atoms with Crippen molar-refractivity contribution >= 4 is 0 Å². The summed E-state index contributed by atoms with van der Waals surface area (Å²) in [6, 6.07) is 7.47. The molecule has 0 bridgehead atoms. The Hall–Kier alpha value is -0.860. The molecule has 0 saturated carbocycles. The normalized spacial score (nSPS) is 15.6. The molecule has 0 radical (unpaired) electrons. The van der Waals surface area contributed by atoms with Gasteiger partial charge < -0.3 is 0 Å². The molecule has 112 valence electrons. The largest absolute Gasteiger partial charge is 0.271 e. The molecule has 0 heterocycles. The Morgan fingerprint density at radius 2 is 1.80 bits per heavy atom. The molecule has 0 amide bonds. The van der Waals surface area contributed by atoms with E-state index in [1.807, 2.05) is 0 Å². The van der Waals surface area contributed by atoms with Crippen LogP contribution in [0.5, 0.6) is 0 Å². The minimum Gasteiger partial charge on any atom is -0.271 e. The molecule has 2 nitrogen and oxygen atoms in total. The van der Waals surface area contributed by atoms with Crippen LogP contribution in [-0.4, -0.2) is 6.04 Å². The molecule has 0 fully saturated rings. The maximum Gasteiger partial charge on any atom is 0.0279 e. The quantitative estimate of drug-likeness (QED) is 0.559. The van der Waals surface area contributed by atoms with Crippen molar-refractivity contribution in [3.63, 3.8) is 0 Å². The summed E-state index contributed by atoms with van der Waals surface area (Å²) in [5.41, 5.74) is 7.67. The zero-order valence-corrected chi connectivity index (χ0v) is 13.1. The van der Waals surface area contributed by atoms with Gasteiger partial charge in [-0.3, -0.25) is 11.3 Å². The van der Waals surface area contributed by atoms with Crippen LogP contribution in [0.1, 0.15) is 62.6 Å². The average molecular weight is 274 g/mol. The van der Waals surface area contributed by atoms with Gasteiger partial charge in [-0.1, -0.05) is 44.9 Å². The molecule has 20 heavy (non-hydrogen) atoms. The molecule has 0 aromatic heterocycles. The van der Waals surface area contributed by atoms with E-state index in [-0.39, 0.29) is 0 Å². The first-order valence-electron chi connectivity index (χ1n) is 8.35. The van der Waals surface area contributed by atoms with Gasteiger partial charge >= 0.3 is 0 Å². The summed E-state index contributed by atoms with van der Waals surface area (Å²) in [5, 5.41) is 0. The van der Waals surface area contributed by atoms with Crippen LogP contribution in [-0.2, 0) is 19.3 Å². The lowest BCUT2D eigenvalue weighted by Gasteiger charge is -2.26. The number of fused-ring (bicyclic) bond motifs is 1. The van der Waals surface area contributed by atoms with Crippen LogP contribution in [0.2, 0.25) is 0 Å². The molecule has 1 aromatic rings. The Morgan fingerprint density at radius 1 is 1.10 bits per heavy atom. The first kappa shape index (κ1) is 15.5. The summed E-state index contributed by atoms with van der Waals surface area (Å²) in [4.78, 5) is 0. The van der Waals surface area contributed by atoms with E-state index in [9.17, 15) is 0 Å². The molecule has 2 rings (SSSR count). The highest BCUT2D eigenvalue weighted by atomic mass is 15.2. The summed E-state index contributed by atoms with van der Waals surface area (Å²) >= 11 is 0. The Balaban J connectivity index is 2.04. The molecule has 2 heteroatoms. The smallest absolute Gasteiger partial charge is 0.0279 e. The van der Waals surface area contributed by atoms with E-state index in [1.165, 1.54) is 50.5 Å². The van der Waals surface area contributed by atoms with Crippen molar-refractivity contribution in [2.45, 2.75) is 71.3 Å². The first-order chi connectivity index (χ1) is 9.78. The zero-order valence-electron chi connectivity index (χ0n) is 13.1. The first-order valence-corrected chi connectivity index (χ1v) is 8.35. The molecule has 1 atom stereocenters. The van der Waals surface area contributed by atoms with Crippen LogP contribution in [0.15, 0.2) is 18.2 Å². The van der Waals surface area contributed by atoms with Crippen molar-refractivity contribution in [1.29, 1.82) is 0 Å². The van der Waals surface area contributed by atoms with Crippen molar-refractivity contribution in [2.75, 3.05) is 0 Å². The standard InChI is InChI=1S/C18H30N2/c1-3-6-16(7-4-2)18(20-19)13-14-10-11-15-8-5-9-17(15)12-14/h10-12,16,18,20H,3-9,13,19H2,1-2H3. The van der Waals surface area contributed by atoms with Gasteiger partial charge in [0.1, 0.15) is 0 Å². The number of hydrogen-bond donors (Lipinski definition) is 2. The highest BCUT2D eigenvalue weighted by Crippen LogP contribution is 2.25. The van der Waals surface area contributed by atoms with Gasteiger partial charge in [-0.15, -0.1) is 0 Å². The fraction of sp³-hybridized carbons (Fsp3) is 0.667. The van der Waals surface area contributed by atoms with E-state index in [2.05, 4.69) is 37.5 Å². The average Bonchev–Trinajstić information content (AvgIpc) is 2.92. The number of hydrazine groups is 1. The minimum atomic E-state index is 0.411. The number of hydrogen-bond acceptors (Lipinski definition) is 2. The van der Waals surface area contributed by atoms with Crippen LogP contribution in [0.25, 0.3) is 0 Å². The van der Waals surface area contributed by atoms with Crippen LogP contribution >= 0.6 is 0 Å². The van der Waals surface area contributed by atoms with Gasteiger partial charge in [0.15, 0.2) is 0 Å². The van der Waals surface area contributed by atoms with Crippen LogP contribution < -0.4 is 11.3 Å². The summed E-state index contributed by atoms with van der Waals surface area (Å²) in [6.45, 7) is 4.54. The Morgan fingerprint density at radius 3 is 2.45 bits per heavy atom. The van der Waals surface area contributed by atoms with E-state index < -0.39 is 0 Å². The fourth-order valence-electron chi connectivity index (χ4n) is 3.66. The third-order valence-electron chi connectivity index (χ3n) is 4.72. The number of nitrogens with two attached hydrogens (primary N) is 1. The lowest BCUT2D eigenvalue weighted by molar-refractivity contribution is 0.311. The summed E-state index contributed by atoms with van der Waals surface area (Å²) < 4.78 is 0. The van der Waals surface area contributed by atoms with Gasteiger partial charge in [0.05, 0.1) is 0 Å². The van der Waals surface area contributed by atoms with Gasteiger partial charge in [0, 0.05) is 6.04 Å². The predicted molar refractivity (Wildman–Crippen MR) is 86.6 cm³/mol. The van der Waals surface area contributed by atoms with Crippen molar-refractivity contribution in [1.82, 2.24) is 5.43 Å². The monoisotopic (exact) mass is 274 g/mol. The summed E-state index contributed by atoms with van der Waals surface area (Å²) in [6.07, 6.45) is 9.95. The molecular formula is C18H30N2. The second-order valence-electron chi connectivity index (χ2n) is 6.27. The molecule has 3 N–H and O–H groups in total. The van der Waals surface area contributed by atoms with Crippen molar-refractivity contribution in [3.05, 3.63) is 34.9 Å². The third-order valence-corrected chi connectivity index (χ3v) is 4.72. The van der Waals surface area contributed by atoms with Crippen molar-refractivity contribution in [2.24, 2.45) is 11.8 Å². The SMILES string of the molecule is CCCC(CCC)C(Cc1ccc2c(c1)CCC2)NN. The van der Waals surface area contributed by atoms with E-state index in [1.54, 1.807) is 11.1 Å². The summed E-state index contributed by atoms with van der Waals surface area (Å²) in [7, 11) is 0. The maximum absolute atomic E-state index is 5.84. The molecule has 1 aliphatic carbocycles. The number of nitrogens with one attached hydrogen (secondary N) is 1. The van der Waals surface area contributed by atoms with Gasteiger partial charge in [0.2, 0.25) is 0 Å². The van der Waals surface area contributed by atoms with E-state index >= 15 is 0 Å². The van der Waals surface area contributed by atoms with E-state index in [0.717, 1.165) is 6.42 Å². The van der Waals surface area contributed by atoms with Crippen LogP contribution in [0, 0.1) is 5.92 Å². The lowest BCUT2D eigenvalue weighted by atomic mass is 9.86. The fourth-order valence-corrected chi connectivity index (χ4v) is 3.66. The highest BCUT2D eigenvalue weighted by Gasteiger charge is 2.20. The number of aryl methyl sites for hydroxylation is 2. The molecule has 0 spiro atoms. The van der Waals surface area contributed by atoms with E-state index in [4.69, 9.17) is 5.84 Å². The Bertz CT molecular complexity index is 408. The third kappa shape index (κ3) is 3.83. The Labute approximate surface area is 124 Å². The molecule has 0 saturated heterocycles. The van der Waals surface area contributed by atoms with Gasteiger partial charge in [-0.2, -0.15) is 0 Å². The van der Waals surface area contributed by atoms with Gasteiger partial charge in [0.25, 0.3) is 0 Å². The van der Waals surface area contributed by atoms with Crippen LogP contribution in [0.3, 0.4) is 0 Å². The molecule has 1 unspecified atom stereocenters. The van der Waals surface area contributed by atoms with Crippen LogP contribution in [0.4, 0.5) is 0 Å². The zero-order chi connectivity index (χ0) is 14.4. The van der Waals surface area contributed by atoms with Gasteiger partial charge in [-0.25, -0.2) is 0 Å². The maximum atomic E-state index is 5.84. The number of rotatable bonds is 8. The summed E-state index contributed by atoms with van der Waals surface area (Å²) in [5.74, 6) is 6.54.